The van der Waals surface area contributed by atoms with Gasteiger partial charge in [0.15, 0.2) is 0 Å². The first kappa shape index (κ1) is 14.6. The smallest absolute Gasteiger partial charge is 0.410 e. The summed E-state index contributed by atoms with van der Waals surface area (Å²) in [4.78, 5) is 11.9. The van der Waals surface area contributed by atoms with E-state index < -0.39 is 6.09 Å². The van der Waals surface area contributed by atoms with Crippen LogP contribution in [0.1, 0.15) is 11.1 Å². The minimum Gasteiger partial charge on any atom is -0.410 e. The SMILES string of the molecule is Cc1ccc(C#CCN)cc1NC(=O)Oc1ccccc1. The monoisotopic (exact) mass is 280 g/mol. The first-order valence-electron chi connectivity index (χ1n) is 6.52. The number of carbonyl (C=O) groups is 1. The molecule has 0 saturated carbocycles. The van der Waals surface area contributed by atoms with Crippen LogP contribution in [0.5, 0.6) is 5.75 Å². The molecule has 3 N–H and O–H groups in total. The summed E-state index contributed by atoms with van der Waals surface area (Å²) >= 11 is 0. The Morgan fingerprint density at radius 1 is 1.24 bits per heavy atom. The molecule has 2 aromatic rings. The number of hydrogen-bond donors (Lipinski definition) is 2. The highest BCUT2D eigenvalue weighted by Gasteiger charge is 2.07. The first-order chi connectivity index (χ1) is 10.2. The van der Waals surface area contributed by atoms with Gasteiger partial charge in [0.05, 0.1) is 6.54 Å². The lowest BCUT2D eigenvalue weighted by Crippen LogP contribution is -2.17. The van der Waals surface area contributed by atoms with Crippen molar-refractivity contribution in [1.29, 1.82) is 0 Å². The topological polar surface area (TPSA) is 64.3 Å². The van der Waals surface area contributed by atoms with Crippen molar-refractivity contribution < 1.29 is 9.53 Å². The van der Waals surface area contributed by atoms with Gasteiger partial charge in [0.1, 0.15) is 5.75 Å². The molecule has 0 fully saturated rings. The van der Waals surface area contributed by atoms with Gasteiger partial charge in [-0.25, -0.2) is 4.79 Å². The molecule has 0 atom stereocenters. The van der Waals surface area contributed by atoms with E-state index in [4.69, 9.17) is 10.5 Å². The van der Waals surface area contributed by atoms with Crippen LogP contribution in [0.15, 0.2) is 48.5 Å². The molecule has 21 heavy (non-hydrogen) atoms. The molecule has 0 aliphatic carbocycles. The highest BCUT2D eigenvalue weighted by molar-refractivity contribution is 5.87. The van der Waals surface area contributed by atoms with E-state index in [1.165, 1.54) is 0 Å². The molecule has 106 valence electrons. The zero-order valence-corrected chi connectivity index (χ0v) is 11.7. The second kappa shape index (κ2) is 7.13. The number of anilines is 1. The summed E-state index contributed by atoms with van der Waals surface area (Å²) in [6, 6.07) is 14.5. The zero-order valence-electron chi connectivity index (χ0n) is 11.7. The van der Waals surface area contributed by atoms with Crippen molar-refractivity contribution in [2.75, 3.05) is 11.9 Å². The quantitative estimate of drug-likeness (QED) is 0.831. The minimum atomic E-state index is -0.534. The molecular weight excluding hydrogens is 264 g/mol. The number of nitrogens with one attached hydrogen (secondary N) is 1. The average Bonchev–Trinajstić information content (AvgIpc) is 2.49. The van der Waals surface area contributed by atoms with Crippen LogP contribution >= 0.6 is 0 Å². The number of rotatable bonds is 2. The van der Waals surface area contributed by atoms with Gasteiger partial charge in [-0.3, -0.25) is 5.32 Å². The van der Waals surface area contributed by atoms with Crippen LogP contribution in [0.4, 0.5) is 10.5 Å². The molecule has 4 heteroatoms. The van der Waals surface area contributed by atoms with E-state index in [-0.39, 0.29) is 0 Å². The summed E-state index contributed by atoms with van der Waals surface area (Å²) in [5.74, 6) is 6.20. The van der Waals surface area contributed by atoms with Crippen molar-refractivity contribution >= 4 is 11.8 Å². The number of benzene rings is 2. The van der Waals surface area contributed by atoms with Crippen molar-refractivity contribution in [3.63, 3.8) is 0 Å². The molecule has 2 aromatic carbocycles. The van der Waals surface area contributed by atoms with Gasteiger partial charge in [-0.05, 0) is 36.8 Å². The average molecular weight is 280 g/mol. The largest absolute Gasteiger partial charge is 0.417 e. The highest BCUT2D eigenvalue weighted by atomic mass is 16.6. The van der Waals surface area contributed by atoms with Gasteiger partial charge >= 0.3 is 6.09 Å². The Morgan fingerprint density at radius 3 is 2.71 bits per heavy atom. The molecule has 0 unspecified atom stereocenters. The fourth-order valence-electron chi connectivity index (χ4n) is 1.72. The Balaban J connectivity index is 2.09. The maximum absolute atomic E-state index is 11.9. The van der Waals surface area contributed by atoms with Crippen LogP contribution in [0, 0.1) is 18.8 Å². The van der Waals surface area contributed by atoms with E-state index in [9.17, 15) is 4.79 Å². The second-order valence-electron chi connectivity index (χ2n) is 4.36. The summed E-state index contributed by atoms with van der Waals surface area (Å²) in [6.07, 6.45) is -0.534. The van der Waals surface area contributed by atoms with Gasteiger partial charge in [0.25, 0.3) is 0 Å². The lowest BCUT2D eigenvalue weighted by molar-refractivity contribution is 0.215. The van der Waals surface area contributed by atoms with Crippen molar-refractivity contribution in [1.82, 2.24) is 0 Å². The lowest BCUT2D eigenvalue weighted by Gasteiger charge is -2.09. The minimum absolute atomic E-state index is 0.298. The summed E-state index contributed by atoms with van der Waals surface area (Å²) in [6.45, 7) is 2.20. The molecular formula is C17H16N2O2. The predicted octanol–water partition coefficient (Wildman–Crippen LogP) is 2.92. The predicted molar refractivity (Wildman–Crippen MR) is 83.2 cm³/mol. The Morgan fingerprint density at radius 2 is 2.00 bits per heavy atom. The first-order valence-corrected chi connectivity index (χ1v) is 6.52. The number of hydrogen-bond acceptors (Lipinski definition) is 3. The number of nitrogens with two attached hydrogens (primary N) is 1. The number of amides is 1. The van der Waals surface area contributed by atoms with E-state index in [1.807, 2.05) is 25.1 Å². The third-order valence-corrected chi connectivity index (χ3v) is 2.76. The number of para-hydroxylation sites is 1. The van der Waals surface area contributed by atoms with Crippen LogP contribution in [-0.2, 0) is 0 Å². The number of carbonyl (C=O) groups excluding carboxylic acids is 1. The van der Waals surface area contributed by atoms with Crippen molar-refractivity contribution in [3.05, 3.63) is 59.7 Å². The number of aryl methyl sites for hydroxylation is 1. The lowest BCUT2D eigenvalue weighted by atomic mass is 10.1. The van der Waals surface area contributed by atoms with E-state index >= 15 is 0 Å². The van der Waals surface area contributed by atoms with Crippen LogP contribution < -0.4 is 15.8 Å². The van der Waals surface area contributed by atoms with Crippen LogP contribution in [0.3, 0.4) is 0 Å². The fourth-order valence-corrected chi connectivity index (χ4v) is 1.72. The zero-order chi connectivity index (χ0) is 15.1. The van der Waals surface area contributed by atoms with E-state index in [2.05, 4.69) is 17.2 Å². The Hall–Kier alpha value is -2.77. The summed E-state index contributed by atoms with van der Waals surface area (Å²) < 4.78 is 5.19. The molecule has 0 aromatic heterocycles. The van der Waals surface area contributed by atoms with Crippen molar-refractivity contribution in [2.24, 2.45) is 5.73 Å². The molecule has 0 spiro atoms. The number of ether oxygens (including phenoxy) is 1. The van der Waals surface area contributed by atoms with Crippen LogP contribution in [0.25, 0.3) is 0 Å². The molecule has 4 nitrogen and oxygen atoms in total. The fraction of sp³-hybridized carbons (Fsp3) is 0.118. The second-order valence-corrected chi connectivity index (χ2v) is 4.36. The third-order valence-electron chi connectivity index (χ3n) is 2.76. The Bertz CT molecular complexity index is 685. The molecule has 0 heterocycles. The maximum Gasteiger partial charge on any atom is 0.417 e. The molecule has 1 amide bonds. The Labute approximate surface area is 123 Å². The van der Waals surface area contributed by atoms with E-state index in [1.54, 1.807) is 30.3 Å². The van der Waals surface area contributed by atoms with Crippen LogP contribution in [0.2, 0.25) is 0 Å². The molecule has 0 radical (unpaired) electrons. The van der Waals surface area contributed by atoms with Gasteiger partial charge in [-0.15, -0.1) is 0 Å². The standard InChI is InChI=1S/C17H16N2O2/c1-13-9-10-14(6-5-11-18)12-16(13)19-17(20)21-15-7-3-2-4-8-15/h2-4,7-10,12H,11,18H2,1H3,(H,19,20). The van der Waals surface area contributed by atoms with Gasteiger partial charge in [-0.1, -0.05) is 36.1 Å². The maximum atomic E-state index is 11.9. The molecule has 2 rings (SSSR count). The van der Waals surface area contributed by atoms with Gasteiger partial charge in [0.2, 0.25) is 0 Å². The van der Waals surface area contributed by atoms with E-state index in [0.29, 0.717) is 18.0 Å². The summed E-state index contributed by atoms with van der Waals surface area (Å²) in [5, 5.41) is 2.72. The van der Waals surface area contributed by atoms with Crippen molar-refractivity contribution in [3.8, 4) is 17.6 Å². The van der Waals surface area contributed by atoms with E-state index in [0.717, 1.165) is 11.1 Å². The van der Waals surface area contributed by atoms with Gasteiger partial charge < -0.3 is 10.5 Å². The molecule has 0 bridgehead atoms. The van der Waals surface area contributed by atoms with Crippen molar-refractivity contribution in [2.45, 2.75) is 6.92 Å². The molecule has 0 aliphatic heterocycles. The summed E-state index contributed by atoms with van der Waals surface area (Å²) in [7, 11) is 0. The molecule has 0 aliphatic rings. The normalized spacial score (nSPS) is 9.43. The Kier molecular flexibility index (Phi) is 4.97. The summed E-state index contributed by atoms with van der Waals surface area (Å²) in [5.41, 5.74) is 7.74. The molecule has 0 saturated heterocycles. The van der Waals surface area contributed by atoms with Gasteiger partial charge in [-0.2, -0.15) is 0 Å². The third kappa shape index (κ3) is 4.37. The van der Waals surface area contributed by atoms with Crippen LogP contribution in [-0.4, -0.2) is 12.6 Å². The highest BCUT2D eigenvalue weighted by Crippen LogP contribution is 2.17. The van der Waals surface area contributed by atoms with Gasteiger partial charge in [0, 0.05) is 11.3 Å².